The Morgan fingerprint density at radius 3 is 2.27 bits per heavy atom. The number of ether oxygens (including phenoxy) is 5. The summed E-state index contributed by atoms with van der Waals surface area (Å²) in [6.45, 7) is 4.55. The molecule has 0 unspecified atom stereocenters. The highest BCUT2D eigenvalue weighted by Gasteiger charge is 2.28. The van der Waals surface area contributed by atoms with Crippen LogP contribution >= 0.6 is 0 Å². The van der Waals surface area contributed by atoms with E-state index in [2.05, 4.69) is 32.0 Å². The fraction of sp³-hybridized carbons (Fsp3) is 0.222. The molecular weight excluding hydrogens is 420 g/mol. The summed E-state index contributed by atoms with van der Waals surface area (Å²) in [6.07, 6.45) is 1.66. The van der Waals surface area contributed by atoms with Crippen LogP contribution in [-0.4, -0.2) is 27.1 Å². The maximum absolute atomic E-state index is 12.9. The Bertz CT molecular complexity index is 1220. The first-order chi connectivity index (χ1) is 15.9. The van der Waals surface area contributed by atoms with Crippen molar-refractivity contribution in [2.45, 2.75) is 20.5 Å². The van der Waals surface area contributed by atoms with E-state index in [0.29, 0.717) is 46.5 Å². The van der Waals surface area contributed by atoms with Crippen LogP contribution in [0.3, 0.4) is 0 Å². The summed E-state index contributed by atoms with van der Waals surface area (Å²) in [7, 11) is 4.63. The van der Waals surface area contributed by atoms with Gasteiger partial charge >= 0.3 is 0 Å². The molecule has 0 saturated heterocycles. The maximum atomic E-state index is 12.9. The van der Waals surface area contributed by atoms with Gasteiger partial charge in [0.25, 0.3) is 0 Å². The van der Waals surface area contributed by atoms with Crippen LogP contribution < -0.4 is 23.7 Å². The molecule has 33 heavy (non-hydrogen) atoms. The molecule has 4 rings (SSSR count). The lowest BCUT2D eigenvalue weighted by Crippen LogP contribution is -1.99. The molecule has 3 aromatic carbocycles. The van der Waals surface area contributed by atoms with Crippen molar-refractivity contribution >= 4 is 11.9 Å². The second kappa shape index (κ2) is 9.28. The first kappa shape index (κ1) is 22.3. The normalized spacial score (nSPS) is 13.5. The third-order valence-electron chi connectivity index (χ3n) is 5.53. The number of hydrogen-bond donors (Lipinski definition) is 0. The fourth-order valence-electron chi connectivity index (χ4n) is 3.71. The molecule has 0 spiro atoms. The standard InChI is InChI=1S/C27H26O6/c1-16-6-7-17(2)19(10-16)15-32-20-8-9-21-22(14-20)33-23(26(21)28)11-18-12-24(29-3)27(31-5)25(13-18)30-4/h6-14H,15H2,1-5H3/b23-11-. The van der Waals surface area contributed by atoms with Crippen molar-refractivity contribution in [1.29, 1.82) is 0 Å². The number of benzene rings is 3. The van der Waals surface area contributed by atoms with E-state index in [0.717, 1.165) is 5.56 Å². The third-order valence-corrected chi connectivity index (χ3v) is 5.53. The van der Waals surface area contributed by atoms with Gasteiger partial charge in [0.05, 0.1) is 26.9 Å². The first-order valence-corrected chi connectivity index (χ1v) is 10.5. The molecule has 0 atom stereocenters. The molecule has 0 radical (unpaired) electrons. The van der Waals surface area contributed by atoms with Gasteiger partial charge in [0, 0.05) is 6.07 Å². The Balaban J connectivity index is 1.56. The van der Waals surface area contributed by atoms with Crippen LogP contribution in [0, 0.1) is 13.8 Å². The minimum Gasteiger partial charge on any atom is -0.493 e. The molecule has 3 aromatic rings. The topological polar surface area (TPSA) is 63.2 Å². The van der Waals surface area contributed by atoms with Crippen molar-refractivity contribution in [3.8, 4) is 28.7 Å². The van der Waals surface area contributed by atoms with Gasteiger partial charge in [-0.25, -0.2) is 0 Å². The minimum atomic E-state index is -0.195. The zero-order chi connectivity index (χ0) is 23.5. The lowest BCUT2D eigenvalue weighted by molar-refractivity contribution is 0.101. The number of allylic oxidation sites excluding steroid dienone is 1. The molecule has 0 saturated carbocycles. The number of hydrogen-bond acceptors (Lipinski definition) is 6. The molecule has 0 N–H and O–H groups in total. The molecule has 0 aromatic heterocycles. The molecule has 1 heterocycles. The van der Waals surface area contributed by atoms with Gasteiger partial charge in [0.2, 0.25) is 11.5 Å². The van der Waals surface area contributed by atoms with Crippen molar-refractivity contribution in [2.75, 3.05) is 21.3 Å². The summed E-state index contributed by atoms with van der Waals surface area (Å²) >= 11 is 0. The molecule has 170 valence electrons. The Morgan fingerprint density at radius 1 is 0.879 bits per heavy atom. The van der Waals surface area contributed by atoms with E-state index in [-0.39, 0.29) is 11.5 Å². The van der Waals surface area contributed by atoms with Gasteiger partial charge in [-0.2, -0.15) is 0 Å². The molecular formula is C27H26O6. The van der Waals surface area contributed by atoms with Crippen molar-refractivity contribution in [3.05, 3.63) is 82.1 Å². The van der Waals surface area contributed by atoms with Crippen LogP contribution in [0.5, 0.6) is 28.7 Å². The average Bonchev–Trinajstić information content (AvgIpc) is 3.13. The van der Waals surface area contributed by atoms with Gasteiger partial charge in [-0.3, -0.25) is 4.79 Å². The number of carbonyl (C=O) groups is 1. The summed E-state index contributed by atoms with van der Waals surface area (Å²) in [5.74, 6) is 2.59. The van der Waals surface area contributed by atoms with Gasteiger partial charge in [-0.1, -0.05) is 23.8 Å². The molecule has 1 aliphatic heterocycles. The second-order valence-electron chi connectivity index (χ2n) is 7.78. The average molecular weight is 446 g/mol. The fourth-order valence-corrected chi connectivity index (χ4v) is 3.71. The maximum Gasteiger partial charge on any atom is 0.231 e. The minimum absolute atomic E-state index is 0.195. The Hall–Kier alpha value is -3.93. The van der Waals surface area contributed by atoms with Gasteiger partial charge < -0.3 is 23.7 Å². The summed E-state index contributed by atoms with van der Waals surface area (Å²) in [6, 6.07) is 15.0. The molecule has 0 fully saturated rings. The van der Waals surface area contributed by atoms with E-state index in [1.165, 1.54) is 11.1 Å². The number of aryl methyl sites for hydroxylation is 2. The van der Waals surface area contributed by atoms with E-state index in [1.54, 1.807) is 57.7 Å². The number of rotatable bonds is 7. The Morgan fingerprint density at radius 2 is 1.61 bits per heavy atom. The Labute approximate surface area is 193 Å². The van der Waals surface area contributed by atoms with E-state index < -0.39 is 0 Å². The molecule has 0 amide bonds. The predicted molar refractivity (Wildman–Crippen MR) is 126 cm³/mol. The van der Waals surface area contributed by atoms with Crippen molar-refractivity contribution in [2.24, 2.45) is 0 Å². The van der Waals surface area contributed by atoms with Crippen LogP contribution in [0.15, 0.2) is 54.3 Å². The lowest BCUT2D eigenvalue weighted by atomic mass is 10.1. The van der Waals surface area contributed by atoms with Crippen LogP contribution in [0.25, 0.3) is 6.08 Å². The SMILES string of the molecule is COc1cc(/C=C2\Oc3cc(OCc4cc(C)ccc4C)ccc3C2=O)cc(OC)c1OC. The predicted octanol–water partition coefficient (Wildman–Crippen LogP) is 5.52. The first-order valence-electron chi connectivity index (χ1n) is 10.5. The lowest BCUT2D eigenvalue weighted by Gasteiger charge is -2.13. The highest BCUT2D eigenvalue weighted by Crippen LogP contribution is 2.40. The zero-order valence-electron chi connectivity index (χ0n) is 19.4. The largest absolute Gasteiger partial charge is 0.493 e. The number of methoxy groups -OCH3 is 3. The molecule has 6 heteroatoms. The number of carbonyl (C=O) groups excluding carboxylic acids is 1. The zero-order valence-corrected chi connectivity index (χ0v) is 19.4. The highest BCUT2D eigenvalue weighted by molar-refractivity contribution is 6.14. The molecule has 6 nitrogen and oxygen atoms in total. The number of fused-ring (bicyclic) bond motifs is 1. The summed E-state index contributed by atoms with van der Waals surface area (Å²) in [5, 5.41) is 0. The molecule has 1 aliphatic rings. The van der Waals surface area contributed by atoms with E-state index >= 15 is 0 Å². The van der Waals surface area contributed by atoms with E-state index in [1.807, 2.05) is 0 Å². The highest BCUT2D eigenvalue weighted by atomic mass is 16.5. The van der Waals surface area contributed by atoms with Gasteiger partial charge in [-0.15, -0.1) is 0 Å². The van der Waals surface area contributed by atoms with Crippen molar-refractivity contribution in [1.82, 2.24) is 0 Å². The monoisotopic (exact) mass is 446 g/mol. The van der Waals surface area contributed by atoms with Crippen LogP contribution in [0.4, 0.5) is 0 Å². The third kappa shape index (κ3) is 4.51. The van der Waals surface area contributed by atoms with Gasteiger partial charge in [0.15, 0.2) is 17.3 Å². The number of ketones is 1. The van der Waals surface area contributed by atoms with Gasteiger partial charge in [-0.05, 0) is 60.9 Å². The van der Waals surface area contributed by atoms with Crippen LogP contribution in [-0.2, 0) is 6.61 Å². The summed E-state index contributed by atoms with van der Waals surface area (Å²) in [4.78, 5) is 12.9. The molecule has 0 bridgehead atoms. The van der Waals surface area contributed by atoms with Crippen LogP contribution in [0.1, 0.15) is 32.6 Å². The second-order valence-corrected chi connectivity index (χ2v) is 7.78. The summed E-state index contributed by atoms with van der Waals surface area (Å²) in [5.41, 5.74) is 4.66. The number of Topliss-reactive ketones (excluding diaryl/α,β-unsaturated/α-hetero) is 1. The summed E-state index contributed by atoms with van der Waals surface area (Å²) < 4.78 is 28.0. The quantitative estimate of drug-likeness (QED) is 0.445. The van der Waals surface area contributed by atoms with E-state index in [9.17, 15) is 4.79 Å². The van der Waals surface area contributed by atoms with Crippen molar-refractivity contribution in [3.63, 3.8) is 0 Å². The van der Waals surface area contributed by atoms with Gasteiger partial charge in [0.1, 0.15) is 18.1 Å². The van der Waals surface area contributed by atoms with Crippen LogP contribution in [0.2, 0.25) is 0 Å². The molecule has 0 aliphatic carbocycles. The van der Waals surface area contributed by atoms with Crippen molar-refractivity contribution < 1.29 is 28.5 Å². The Kier molecular flexibility index (Phi) is 6.27. The smallest absolute Gasteiger partial charge is 0.231 e. The van der Waals surface area contributed by atoms with E-state index in [4.69, 9.17) is 23.7 Å².